The highest BCUT2D eigenvalue weighted by molar-refractivity contribution is 7.13. The molecule has 0 radical (unpaired) electrons. The molecule has 4 heterocycles. The predicted octanol–water partition coefficient (Wildman–Crippen LogP) is 5.09. The molecule has 2 atom stereocenters. The number of allylic oxidation sites excluding steroid dienone is 4. The Bertz CT molecular complexity index is 1090. The van der Waals surface area contributed by atoms with Crippen LogP contribution in [-0.2, 0) is 6.18 Å². The monoisotopic (exact) mass is 460 g/mol. The maximum absolute atomic E-state index is 13.5. The van der Waals surface area contributed by atoms with E-state index in [9.17, 15) is 18.0 Å². The van der Waals surface area contributed by atoms with Crippen LogP contribution in [0.15, 0.2) is 36.6 Å². The van der Waals surface area contributed by atoms with Crippen LogP contribution in [0.4, 0.5) is 19.0 Å². The van der Waals surface area contributed by atoms with Crippen molar-refractivity contribution in [1.82, 2.24) is 14.9 Å². The summed E-state index contributed by atoms with van der Waals surface area (Å²) in [6, 6.07) is 2.04. The molecule has 0 aromatic carbocycles. The number of hydrogen-bond donors (Lipinski definition) is 0. The molecule has 168 valence electrons. The minimum atomic E-state index is -4.40. The Morgan fingerprint density at radius 1 is 1.22 bits per heavy atom. The third kappa shape index (κ3) is 3.83. The largest absolute Gasteiger partial charge is 0.416 e. The molecule has 2 saturated heterocycles. The number of carbonyl (C=O) groups is 1. The second kappa shape index (κ2) is 8.03. The Labute approximate surface area is 188 Å². The van der Waals surface area contributed by atoms with Gasteiger partial charge in [0, 0.05) is 31.4 Å². The van der Waals surface area contributed by atoms with Gasteiger partial charge in [-0.2, -0.15) is 13.2 Å². The summed E-state index contributed by atoms with van der Waals surface area (Å²) in [6.07, 6.45) is 6.39. The molecule has 5 rings (SSSR count). The summed E-state index contributed by atoms with van der Waals surface area (Å²) in [6.45, 7) is 2.86. The van der Waals surface area contributed by atoms with E-state index >= 15 is 0 Å². The van der Waals surface area contributed by atoms with Gasteiger partial charge in [-0.3, -0.25) is 4.79 Å². The van der Waals surface area contributed by atoms with E-state index < -0.39 is 11.7 Å². The SMILES string of the molecule is Cc1nc(C2=CC=CCC2)c(C(=O)N2CC3CCC(C2)N3c2cc(C(F)(F)F)ccn2)s1. The minimum Gasteiger partial charge on any atom is -0.347 e. The molecule has 2 aromatic heterocycles. The maximum atomic E-state index is 13.5. The number of nitrogens with zero attached hydrogens (tertiary/aromatic N) is 4. The van der Waals surface area contributed by atoms with Crippen LogP contribution in [0.25, 0.3) is 5.57 Å². The van der Waals surface area contributed by atoms with Crippen molar-refractivity contribution in [3.8, 4) is 0 Å². The molecule has 5 nitrogen and oxygen atoms in total. The van der Waals surface area contributed by atoms with E-state index in [1.54, 1.807) is 0 Å². The summed E-state index contributed by atoms with van der Waals surface area (Å²) < 4.78 is 39.5. The lowest BCUT2D eigenvalue weighted by Gasteiger charge is -2.41. The molecular weight excluding hydrogens is 437 g/mol. The van der Waals surface area contributed by atoms with Crippen LogP contribution in [0, 0.1) is 6.92 Å². The zero-order chi connectivity index (χ0) is 22.5. The van der Waals surface area contributed by atoms with Gasteiger partial charge in [-0.05, 0) is 50.3 Å². The number of anilines is 1. The summed E-state index contributed by atoms with van der Waals surface area (Å²) in [5.74, 6) is 0.308. The normalized spacial score (nSPS) is 22.9. The van der Waals surface area contributed by atoms with E-state index in [0.29, 0.717) is 23.8 Å². The number of thiazole rings is 1. The van der Waals surface area contributed by atoms with Crippen LogP contribution >= 0.6 is 11.3 Å². The average Bonchev–Trinajstić information content (AvgIpc) is 3.30. The van der Waals surface area contributed by atoms with Crippen molar-refractivity contribution in [3.05, 3.63) is 57.7 Å². The number of alkyl halides is 3. The topological polar surface area (TPSA) is 49.3 Å². The van der Waals surface area contributed by atoms with Gasteiger partial charge in [0.25, 0.3) is 5.91 Å². The van der Waals surface area contributed by atoms with Crippen molar-refractivity contribution in [2.24, 2.45) is 0 Å². The van der Waals surface area contributed by atoms with Crippen molar-refractivity contribution in [2.75, 3.05) is 18.0 Å². The van der Waals surface area contributed by atoms with Crippen LogP contribution in [0.5, 0.6) is 0 Å². The number of halogens is 3. The number of likely N-dealkylation sites (tertiary alicyclic amines) is 1. The first-order valence-electron chi connectivity index (χ1n) is 10.8. The lowest BCUT2D eigenvalue weighted by atomic mass is 10.0. The van der Waals surface area contributed by atoms with E-state index in [0.717, 1.165) is 54.1 Å². The Kier molecular flexibility index (Phi) is 5.31. The van der Waals surface area contributed by atoms with Gasteiger partial charge in [-0.25, -0.2) is 9.97 Å². The summed E-state index contributed by atoms with van der Waals surface area (Å²) in [5.41, 5.74) is 1.16. The van der Waals surface area contributed by atoms with Crippen molar-refractivity contribution in [2.45, 2.75) is 50.9 Å². The smallest absolute Gasteiger partial charge is 0.347 e. The lowest BCUT2D eigenvalue weighted by molar-refractivity contribution is -0.137. The molecule has 2 unspecified atom stereocenters. The van der Waals surface area contributed by atoms with Crippen molar-refractivity contribution in [1.29, 1.82) is 0 Å². The van der Waals surface area contributed by atoms with Crippen molar-refractivity contribution < 1.29 is 18.0 Å². The molecule has 2 bridgehead atoms. The van der Waals surface area contributed by atoms with Crippen molar-refractivity contribution >= 4 is 28.6 Å². The highest BCUT2D eigenvalue weighted by Gasteiger charge is 2.43. The number of hydrogen-bond acceptors (Lipinski definition) is 5. The predicted molar refractivity (Wildman–Crippen MR) is 118 cm³/mol. The van der Waals surface area contributed by atoms with Gasteiger partial charge in [-0.15, -0.1) is 11.3 Å². The second-order valence-corrected chi connectivity index (χ2v) is 9.68. The Balaban J connectivity index is 1.38. The number of fused-ring (bicyclic) bond motifs is 2. The minimum absolute atomic E-state index is 0.0328. The fourth-order valence-electron chi connectivity index (χ4n) is 4.91. The molecule has 2 fully saturated rings. The Hall–Kier alpha value is -2.68. The second-order valence-electron chi connectivity index (χ2n) is 8.47. The molecule has 1 aliphatic carbocycles. The van der Waals surface area contributed by atoms with Gasteiger partial charge in [-0.1, -0.05) is 18.2 Å². The summed E-state index contributed by atoms with van der Waals surface area (Å²) in [5, 5.41) is 0.855. The molecular formula is C23H23F3N4OS. The zero-order valence-electron chi connectivity index (χ0n) is 17.6. The van der Waals surface area contributed by atoms with Gasteiger partial charge in [0.2, 0.25) is 0 Å². The number of rotatable bonds is 3. The van der Waals surface area contributed by atoms with Gasteiger partial charge >= 0.3 is 6.18 Å². The van der Waals surface area contributed by atoms with E-state index in [1.807, 2.05) is 28.9 Å². The Morgan fingerprint density at radius 3 is 2.62 bits per heavy atom. The first kappa shape index (κ1) is 21.2. The first-order chi connectivity index (χ1) is 15.3. The van der Waals surface area contributed by atoms with Crippen LogP contribution in [0.3, 0.4) is 0 Å². The fraction of sp³-hybridized carbons (Fsp3) is 0.435. The molecule has 32 heavy (non-hydrogen) atoms. The third-order valence-electron chi connectivity index (χ3n) is 6.35. The average molecular weight is 461 g/mol. The zero-order valence-corrected chi connectivity index (χ0v) is 18.4. The molecule has 0 spiro atoms. The standard InChI is InChI=1S/C23H23F3N4OS/c1-14-28-20(15-5-3-2-4-6-15)21(32-14)22(31)29-12-17-7-8-18(13-29)30(17)19-11-16(9-10-27-19)23(24,25)26/h2-3,5,9-11,17-18H,4,6-8,12-13H2,1H3. The number of carbonyl (C=O) groups excluding carboxylic acids is 1. The van der Waals surface area contributed by atoms with Crippen LogP contribution in [0.1, 0.15) is 51.6 Å². The van der Waals surface area contributed by atoms with Crippen LogP contribution in [-0.4, -0.2) is 45.9 Å². The van der Waals surface area contributed by atoms with Crippen LogP contribution in [0.2, 0.25) is 0 Å². The highest BCUT2D eigenvalue weighted by atomic mass is 32.1. The van der Waals surface area contributed by atoms with Crippen LogP contribution < -0.4 is 4.90 Å². The van der Waals surface area contributed by atoms with Gasteiger partial charge in [0.1, 0.15) is 10.7 Å². The van der Waals surface area contributed by atoms with E-state index in [1.165, 1.54) is 17.5 Å². The number of aromatic nitrogens is 2. The molecule has 9 heteroatoms. The fourth-order valence-corrected chi connectivity index (χ4v) is 5.83. The third-order valence-corrected chi connectivity index (χ3v) is 7.31. The van der Waals surface area contributed by atoms with Gasteiger partial charge in [0.15, 0.2) is 0 Å². The van der Waals surface area contributed by atoms with Crippen molar-refractivity contribution in [3.63, 3.8) is 0 Å². The van der Waals surface area contributed by atoms with E-state index in [-0.39, 0.29) is 18.0 Å². The van der Waals surface area contributed by atoms with Gasteiger partial charge in [0.05, 0.1) is 16.3 Å². The molecule has 3 aliphatic rings. The first-order valence-corrected chi connectivity index (χ1v) is 11.6. The van der Waals surface area contributed by atoms with E-state index in [2.05, 4.69) is 16.0 Å². The molecule has 0 N–H and O–H groups in total. The number of aryl methyl sites for hydroxylation is 1. The summed E-state index contributed by atoms with van der Waals surface area (Å²) in [4.78, 5) is 26.8. The number of pyridine rings is 1. The summed E-state index contributed by atoms with van der Waals surface area (Å²) in [7, 11) is 0. The quantitative estimate of drug-likeness (QED) is 0.640. The number of amides is 1. The molecule has 0 saturated carbocycles. The Morgan fingerprint density at radius 2 is 1.97 bits per heavy atom. The highest BCUT2D eigenvalue weighted by Crippen LogP contribution is 2.38. The maximum Gasteiger partial charge on any atom is 0.416 e. The number of piperazine rings is 1. The molecule has 2 aromatic rings. The van der Waals surface area contributed by atoms with E-state index in [4.69, 9.17) is 0 Å². The van der Waals surface area contributed by atoms with Gasteiger partial charge < -0.3 is 9.80 Å². The molecule has 1 amide bonds. The summed E-state index contributed by atoms with van der Waals surface area (Å²) >= 11 is 1.42. The lowest BCUT2D eigenvalue weighted by Crippen LogP contribution is -2.55. The molecule has 2 aliphatic heterocycles.